The van der Waals surface area contributed by atoms with Crippen molar-refractivity contribution in [1.29, 1.82) is 0 Å². The van der Waals surface area contributed by atoms with E-state index in [1.807, 2.05) is 24.3 Å². The number of nitrogens with two attached hydrogens (primary N) is 1. The highest BCUT2D eigenvalue weighted by molar-refractivity contribution is 5.38. The Morgan fingerprint density at radius 1 is 1.35 bits per heavy atom. The maximum Gasteiger partial charge on any atom is 0.345 e. The summed E-state index contributed by atoms with van der Waals surface area (Å²) in [5.41, 5.74) is 6.05. The second kappa shape index (κ2) is 6.59. The summed E-state index contributed by atoms with van der Waals surface area (Å²) in [6.45, 7) is 1.14. The molecule has 0 radical (unpaired) electrons. The van der Waals surface area contributed by atoms with E-state index in [2.05, 4.69) is 16.9 Å². The average Bonchev–Trinajstić information content (AvgIpc) is 2.78. The number of aryl methyl sites for hydroxylation is 1. The number of hydrogen-bond donors (Lipinski definition) is 1. The molecule has 0 spiro atoms. The van der Waals surface area contributed by atoms with Crippen LogP contribution in [0.25, 0.3) is 0 Å². The predicted molar refractivity (Wildman–Crippen MR) is 75.3 cm³/mol. The fourth-order valence-electron chi connectivity index (χ4n) is 1.61. The van der Waals surface area contributed by atoms with Crippen LogP contribution in [0.4, 0.5) is 0 Å². The Bertz CT molecular complexity index is 674. The first-order valence-electron chi connectivity index (χ1n) is 6.21. The van der Waals surface area contributed by atoms with E-state index in [9.17, 15) is 4.79 Å². The molecule has 0 fully saturated rings. The van der Waals surface area contributed by atoms with Crippen molar-refractivity contribution in [2.75, 3.05) is 13.2 Å². The van der Waals surface area contributed by atoms with Gasteiger partial charge in [0.1, 0.15) is 18.7 Å². The van der Waals surface area contributed by atoms with Crippen molar-refractivity contribution in [3.8, 4) is 17.6 Å². The van der Waals surface area contributed by atoms with Gasteiger partial charge in [0.05, 0.1) is 13.1 Å². The fourth-order valence-corrected chi connectivity index (χ4v) is 1.61. The second-order valence-electron chi connectivity index (χ2n) is 4.13. The van der Waals surface area contributed by atoms with E-state index in [4.69, 9.17) is 10.5 Å². The van der Waals surface area contributed by atoms with Gasteiger partial charge in [-0.1, -0.05) is 11.8 Å². The van der Waals surface area contributed by atoms with Crippen LogP contribution in [-0.2, 0) is 13.6 Å². The van der Waals surface area contributed by atoms with Gasteiger partial charge < -0.3 is 10.5 Å². The highest BCUT2D eigenvalue weighted by atomic mass is 16.5. The smallest absolute Gasteiger partial charge is 0.345 e. The number of aromatic nitrogens is 3. The molecule has 2 rings (SSSR count). The summed E-state index contributed by atoms with van der Waals surface area (Å²) < 4.78 is 8.34. The van der Waals surface area contributed by atoms with Gasteiger partial charge in [-0.05, 0) is 24.3 Å². The predicted octanol–water partition coefficient (Wildman–Crippen LogP) is -0.0290. The van der Waals surface area contributed by atoms with Crippen molar-refractivity contribution in [2.24, 2.45) is 12.8 Å². The molecule has 1 aromatic heterocycles. The molecule has 0 aliphatic carbocycles. The van der Waals surface area contributed by atoms with Crippen molar-refractivity contribution >= 4 is 0 Å². The number of ether oxygens (including phenoxy) is 1. The van der Waals surface area contributed by atoms with Crippen LogP contribution in [0, 0.1) is 11.8 Å². The van der Waals surface area contributed by atoms with Crippen molar-refractivity contribution in [1.82, 2.24) is 14.3 Å². The highest BCUT2D eigenvalue weighted by Gasteiger charge is 2.01. The van der Waals surface area contributed by atoms with Crippen molar-refractivity contribution < 1.29 is 4.74 Å². The topological polar surface area (TPSA) is 75.1 Å². The lowest BCUT2D eigenvalue weighted by atomic mass is 10.2. The van der Waals surface area contributed by atoms with E-state index in [0.717, 1.165) is 11.3 Å². The van der Waals surface area contributed by atoms with Gasteiger partial charge in [0.25, 0.3) is 0 Å². The molecule has 6 heteroatoms. The van der Waals surface area contributed by atoms with E-state index in [1.54, 1.807) is 7.05 Å². The van der Waals surface area contributed by atoms with Crippen molar-refractivity contribution in [3.05, 3.63) is 46.6 Å². The summed E-state index contributed by atoms with van der Waals surface area (Å²) in [5, 5.41) is 3.95. The van der Waals surface area contributed by atoms with Gasteiger partial charge in [-0.15, -0.1) is 0 Å². The van der Waals surface area contributed by atoms with Crippen LogP contribution >= 0.6 is 0 Å². The third kappa shape index (κ3) is 3.49. The first kappa shape index (κ1) is 13.9. The van der Waals surface area contributed by atoms with E-state index in [0.29, 0.717) is 19.7 Å². The largest absolute Gasteiger partial charge is 0.492 e. The molecule has 2 N–H and O–H groups in total. The molecule has 0 saturated heterocycles. The highest BCUT2D eigenvalue weighted by Crippen LogP contribution is 2.11. The van der Waals surface area contributed by atoms with E-state index in [-0.39, 0.29) is 5.69 Å². The monoisotopic (exact) mass is 272 g/mol. The SMILES string of the molecule is Cn1cnn(CCOc2ccc(C#CCN)cc2)c1=O. The quantitative estimate of drug-likeness (QED) is 0.793. The van der Waals surface area contributed by atoms with Crippen LogP contribution in [0.2, 0.25) is 0 Å². The van der Waals surface area contributed by atoms with Gasteiger partial charge in [0, 0.05) is 12.6 Å². The summed E-state index contributed by atoms with van der Waals surface area (Å²) >= 11 is 0. The number of nitrogens with zero attached hydrogens (tertiary/aromatic N) is 3. The number of hydrogen-bond acceptors (Lipinski definition) is 4. The van der Waals surface area contributed by atoms with Crippen molar-refractivity contribution in [3.63, 3.8) is 0 Å². The molecule has 0 saturated carbocycles. The Morgan fingerprint density at radius 2 is 2.10 bits per heavy atom. The Labute approximate surface area is 116 Å². The lowest BCUT2D eigenvalue weighted by molar-refractivity contribution is 0.288. The van der Waals surface area contributed by atoms with Gasteiger partial charge >= 0.3 is 5.69 Å². The molecule has 1 heterocycles. The Kier molecular flexibility index (Phi) is 4.58. The molecule has 0 unspecified atom stereocenters. The molecule has 0 bridgehead atoms. The minimum Gasteiger partial charge on any atom is -0.492 e. The average molecular weight is 272 g/mol. The van der Waals surface area contributed by atoms with Crippen LogP contribution < -0.4 is 16.2 Å². The molecule has 104 valence electrons. The van der Waals surface area contributed by atoms with E-state index in [1.165, 1.54) is 15.6 Å². The molecule has 0 atom stereocenters. The summed E-state index contributed by atoms with van der Waals surface area (Å²) in [6.07, 6.45) is 1.48. The molecular formula is C14H16N4O2. The van der Waals surface area contributed by atoms with Gasteiger partial charge in [0.2, 0.25) is 0 Å². The first-order chi connectivity index (χ1) is 9.70. The fraction of sp³-hybridized carbons (Fsp3) is 0.286. The molecule has 0 aliphatic rings. The number of rotatable bonds is 4. The lowest BCUT2D eigenvalue weighted by Gasteiger charge is -2.05. The van der Waals surface area contributed by atoms with Crippen LogP contribution in [0.1, 0.15) is 5.56 Å². The third-order valence-electron chi connectivity index (χ3n) is 2.65. The molecule has 0 aliphatic heterocycles. The summed E-state index contributed by atoms with van der Waals surface area (Å²) in [6, 6.07) is 7.40. The second-order valence-corrected chi connectivity index (χ2v) is 4.13. The van der Waals surface area contributed by atoms with Crippen LogP contribution in [0.5, 0.6) is 5.75 Å². The third-order valence-corrected chi connectivity index (χ3v) is 2.65. The maximum atomic E-state index is 11.5. The van der Waals surface area contributed by atoms with Crippen LogP contribution in [0.3, 0.4) is 0 Å². The van der Waals surface area contributed by atoms with E-state index >= 15 is 0 Å². The maximum absolute atomic E-state index is 11.5. The van der Waals surface area contributed by atoms with Crippen LogP contribution in [0.15, 0.2) is 35.4 Å². The Morgan fingerprint density at radius 3 is 2.70 bits per heavy atom. The molecule has 1 aromatic carbocycles. The molecule has 6 nitrogen and oxygen atoms in total. The molecule has 2 aromatic rings. The summed E-state index contributed by atoms with van der Waals surface area (Å²) in [7, 11) is 1.66. The minimum absolute atomic E-state index is 0.152. The first-order valence-corrected chi connectivity index (χ1v) is 6.21. The van der Waals surface area contributed by atoms with Gasteiger partial charge in [-0.25, -0.2) is 9.48 Å². The molecular weight excluding hydrogens is 256 g/mol. The molecule has 20 heavy (non-hydrogen) atoms. The summed E-state index contributed by atoms with van der Waals surface area (Å²) in [4.78, 5) is 11.5. The Hall–Kier alpha value is -2.52. The lowest BCUT2D eigenvalue weighted by Crippen LogP contribution is -2.25. The molecule has 0 amide bonds. The normalized spacial score (nSPS) is 9.90. The Balaban J connectivity index is 1.88. The van der Waals surface area contributed by atoms with E-state index < -0.39 is 0 Å². The zero-order valence-electron chi connectivity index (χ0n) is 11.2. The minimum atomic E-state index is -0.152. The van der Waals surface area contributed by atoms with Crippen LogP contribution in [-0.4, -0.2) is 27.5 Å². The van der Waals surface area contributed by atoms with Crippen molar-refractivity contribution in [2.45, 2.75) is 6.54 Å². The van der Waals surface area contributed by atoms with Gasteiger partial charge in [0.15, 0.2) is 0 Å². The van der Waals surface area contributed by atoms with Gasteiger partial charge in [-0.3, -0.25) is 4.57 Å². The van der Waals surface area contributed by atoms with Gasteiger partial charge in [-0.2, -0.15) is 5.10 Å². The standard InChI is InChI=1S/C14H16N4O2/c1-17-11-16-18(14(17)19)9-10-20-13-6-4-12(5-7-13)3-2-8-15/h4-7,11H,8-10,15H2,1H3. The number of benzene rings is 1. The zero-order valence-corrected chi connectivity index (χ0v) is 11.2. The summed E-state index contributed by atoms with van der Waals surface area (Å²) in [5.74, 6) is 6.45. The zero-order chi connectivity index (χ0) is 14.4.